The summed E-state index contributed by atoms with van der Waals surface area (Å²) in [6, 6.07) is 3.70. The Hall–Kier alpha value is -3.26. The molecular weight excluding hydrogens is 512 g/mol. The number of aromatic nitrogens is 4. The van der Waals surface area contributed by atoms with Crippen LogP contribution in [0, 0.1) is 6.92 Å². The summed E-state index contributed by atoms with van der Waals surface area (Å²) in [5.41, 5.74) is 3.50. The molecule has 1 aliphatic heterocycles. The van der Waals surface area contributed by atoms with E-state index < -0.39 is 5.69 Å². The lowest BCUT2D eigenvalue weighted by Crippen LogP contribution is -2.58. The van der Waals surface area contributed by atoms with Crippen molar-refractivity contribution in [1.82, 2.24) is 24.4 Å². The Morgan fingerprint density at radius 2 is 1.87 bits per heavy atom. The molecule has 2 atom stereocenters. The molecule has 4 heterocycles. The molecule has 2 aliphatic rings. The number of carbonyl (C=O) groups is 1. The van der Waals surface area contributed by atoms with Crippen molar-refractivity contribution in [3.8, 4) is 5.69 Å². The van der Waals surface area contributed by atoms with Crippen molar-refractivity contribution in [2.75, 3.05) is 18.0 Å². The van der Waals surface area contributed by atoms with Crippen LogP contribution in [0.1, 0.15) is 82.2 Å². The summed E-state index contributed by atoms with van der Waals surface area (Å²) in [4.78, 5) is 44.8. The molecule has 1 amide bonds. The van der Waals surface area contributed by atoms with Crippen molar-refractivity contribution < 1.29 is 4.79 Å². The Morgan fingerprint density at radius 3 is 2.54 bits per heavy atom. The van der Waals surface area contributed by atoms with Crippen LogP contribution in [0.15, 0.2) is 35.8 Å². The average Bonchev–Trinajstić information content (AvgIpc) is 3.44. The van der Waals surface area contributed by atoms with Crippen LogP contribution in [0.3, 0.4) is 0 Å². The number of carbonyl (C=O) groups excluding carboxylic acids is 1. The van der Waals surface area contributed by atoms with Gasteiger partial charge in [0.15, 0.2) is 5.65 Å². The highest BCUT2D eigenvalue weighted by atomic mass is 35.5. The molecule has 8 nitrogen and oxygen atoms in total. The fourth-order valence-corrected chi connectivity index (χ4v) is 6.46. The van der Waals surface area contributed by atoms with Gasteiger partial charge in [-0.1, -0.05) is 44.9 Å². The number of amides is 1. The van der Waals surface area contributed by atoms with Gasteiger partial charge in [0.1, 0.15) is 5.82 Å². The molecule has 3 aromatic heterocycles. The second-order valence-electron chi connectivity index (χ2n) is 11.3. The third kappa shape index (κ3) is 4.84. The number of piperazine rings is 1. The van der Waals surface area contributed by atoms with Crippen molar-refractivity contribution in [1.29, 1.82) is 0 Å². The van der Waals surface area contributed by atoms with E-state index in [1.54, 1.807) is 10.8 Å². The summed E-state index contributed by atoms with van der Waals surface area (Å²) in [5, 5.41) is 1.33. The van der Waals surface area contributed by atoms with Crippen LogP contribution in [0.2, 0.25) is 5.02 Å². The predicted molar refractivity (Wildman–Crippen MR) is 156 cm³/mol. The molecule has 1 saturated carbocycles. The van der Waals surface area contributed by atoms with E-state index in [1.807, 2.05) is 37.8 Å². The summed E-state index contributed by atoms with van der Waals surface area (Å²) in [6.07, 6.45) is 7.51. The van der Waals surface area contributed by atoms with E-state index in [1.165, 1.54) is 6.08 Å². The monoisotopic (exact) mass is 548 g/mol. The maximum absolute atomic E-state index is 14.0. The third-order valence-electron chi connectivity index (χ3n) is 8.21. The standard InChI is InChI=1S/C30H37ClN6O2/c1-7-24(38)35-15-20(6)36(16-19(35)5)28-22-14-23(31)26(21-10-8-9-11-21)33-29(22)37(30(39)34-28)27-18(4)12-13-32-25(27)17(2)3/h7,12-14,17,19-21H,1,8-11,15-16H2,2-6H3/t19-,20+/m1/s1. The van der Waals surface area contributed by atoms with Gasteiger partial charge in [0.05, 0.1) is 27.5 Å². The first kappa shape index (κ1) is 27.3. The average molecular weight is 549 g/mol. The lowest BCUT2D eigenvalue weighted by Gasteiger charge is -2.44. The maximum atomic E-state index is 14.0. The van der Waals surface area contributed by atoms with E-state index in [-0.39, 0.29) is 29.8 Å². The van der Waals surface area contributed by atoms with Crippen LogP contribution in [-0.4, -0.2) is 55.5 Å². The van der Waals surface area contributed by atoms with Crippen LogP contribution < -0.4 is 10.6 Å². The smallest absolute Gasteiger partial charge is 0.349 e. The van der Waals surface area contributed by atoms with Crippen LogP contribution >= 0.6 is 11.6 Å². The first-order valence-electron chi connectivity index (χ1n) is 13.9. The van der Waals surface area contributed by atoms with Crippen LogP contribution in [-0.2, 0) is 4.79 Å². The zero-order chi connectivity index (χ0) is 28.0. The molecule has 39 heavy (non-hydrogen) atoms. The molecule has 5 rings (SSSR count). The lowest BCUT2D eigenvalue weighted by molar-refractivity contribution is -0.128. The minimum absolute atomic E-state index is 0.0734. The highest BCUT2D eigenvalue weighted by molar-refractivity contribution is 6.32. The number of aryl methyl sites for hydroxylation is 1. The van der Waals surface area contributed by atoms with E-state index in [9.17, 15) is 9.59 Å². The van der Waals surface area contributed by atoms with Crippen molar-refractivity contribution >= 4 is 34.4 Å². The van der Waals surface area contributed by atoms with E-state index >= 15 is 0 Å². The predicted octanol–water partition coefficient (Wildman–Crippen LogP) is 5.53. The lowest BCUT2D eigenvalue weighted by atomic mass is 10.0. The number of halogens is 1. The van der Waals surface area contributed by atoms with Crippen molar-refractivity contribution in [2.24, 2.45) is 0 Å². The number of anilines is 1. The summed E-state index contributed by atoms with van der Waals surface area (Å²) in [6.45, 7) is 14.8. The largest absolute Gasteiger partial charge is 0.355 e. The third-order valence-corrected chi connectivity index (χ3v) is 8.51. The molecule has 0 unspecified atom stereocenters. The van der Waals surface area contributed by atoms with Crippen molar-refractivity contribution in [2.45, 2.75) is 84.2 Å². The minimum Gasteiger partial charge on any atom is -0.349 e. The molecular formula is C30H37ClN6O2. The molecule has 0 aromatic carbocycles. The molecule has 0 N–H and O–H groups in total. The second kappa shape index (κ2) is 10.7. The van der Waals surface area contributed by atoms with Gasteiger partial charge in [-0.05, 0) is 63.3 Å². The minimum atomic E-state index is -0.396. The van der Waals surface area contributed by atoms with Crippen LogP contribution in [0.4, 0.5) is 5.82 Å². The number of hydrogen-bond acceptors (Lipinski definition) is 6. The first-order valence-corrected chi connectivity index (χ1v) is 14.3. The number of hydrogen-bond donors (Lipinski definition) is 0. The molecule has 206 valence electrons. The number of nitrogens with zero attached hydrogens (tertiary/aromatic N) is 6. The summed E-state index contributed by atoms with van der Waals surface area (Å²) < 4.78 is 1.64. The van der Waals surface area contributed by atoms with E-state index in [0.29, 0.717) is 29.6 Å². The van der Waals surface area contributed by atoms with Gasteiger partial charge in [-0.2, -0.15) is 4.98 Å². The summed E-state index contributed by atoms with van der Waals surface area (Å²) in [7, 11) is 0. The fraction of sp³-hybridized carbons (Fsp3) is 0.500. The van der Waals surface area contributed by atoms with Gasteiger partial charge < -0.3 is 9.80 Å². The highest BCUT2D eigenvalue weighted by Gasteiger charge is 2.34. The van der Waals surface area contributed by atoms with Crippen molar-refractivity contribution in [3.05, 3.63) is 63.4 Å². The van der Waals surface area contributed by atoms with E-state index in [2.05, 4.69) is 35.3 Å². The molecule has 0 bridgehead atoms. The Labute approximate surface area is 234 Å². The zero-order valence-electron chi connectivity index (χ0n) is 23.4. The number of pyridine rings is 2. The zero-order valence-corrected chi connectivity index (χ0v) is 24.2. The van der Waals surface area contributed by atoms with Gasteiger partial charge in [0.2, 0.25) is 5.91 Å². The maximum Gasteiger partial charge on any atom is 0.355 e. The van der Waals surface area contributed by atoms with Gasteiger partial charge in [0.25, 0.3) is 0 Å². The van der Waals surface area contributed by atoms with Crippen LogP contribution in [0.25, 0.3) is 16.7 Å². The molecule has 3 aromatic rings. The molecule has 0 radical (unpaired) electrons. The Balaban J connectivity index is 1.77. The molecule has 1 aliphatic carbocycles. The molecule has 0 spiro atoms. The molecule has 9 heteroatoms. The SMILES string of the molecule is C=CC(=O)N1C[C@H](C)N(c2nc(=O)n(-c3c(C)ccnc3C(C)C)c3nc(C4CCCC4)c(Cl)cc23)C[C@H]1C. The van der Waals surface area contributed by atoms with Crippen molar-refractivity contribution in [3.63, 3.8) is 0 Å². The topological polar surface area (TPSA) is 84.2 Å². The Kier molecular flexibility index (Phi) is 7.51. The Morgan fingerprint density at radius 1 is 1.15 bits per heavy atom. The quantitative estimate of drug-likeness (QED) is 0.390. The van der Waals surface area contributed by atoms with Gasteiger partial charge in [-0.3, -0.25) is 9.78 Å². The number of fused-ring (bicyclic) bond motifs is 1. The first-order chi connectivity index (χ1) is 18.6. The second-order valence-corrected chi connectivity index (χ2v) is 11.7. The van der Waals surface area contributed by atoms with Gasteiger partial charge in [0, 0.05) is 37.3 Å². The summed E-state index contributed by atoms with van der Waals surface area (Å²) >= 11 is 6.92. The summed E-state index contributed by atoms with van der Waals surface area (Å²) in [5.74, 6) is 0.825. The van der Waals surface area contributed by atoms with E-state index in [4.69, 9.17) is 16.6 Å². The molecule has 1 saturated heterocycles. The van der Waals surface area contributed by atoms with Gasteiger partial charge >= 0.3 is 5.69 Å². The van der Waals surface area contributed by atoms with Crippen LogP contribution in [0.5, 0.6) is 0 Å². The molecule has 2 fully saturated rings. The highest BCUT2D eigenvalue weighted by Crippen LogP contribution is 2.39. The van der Waals surface area contributed by atoms with Gasteiger partial charge in [-0.25, -0.2) is 14.3 Å². The normalized spacial score (nSPS) is 20.3. The van der Waals surface area contributed by atoms with Gasteiger partial charge in [-0.15, -0.1) is 0 Å². The number of rotatable bonds is 5. The fourth-order valence-electron chi connectivity index (χ4n) is 6.16. The van der Waals surface area contributed by atoms with E-state index in [0.717, 1.165) is 53.7 Å². The Bertz CT molecular complexity index is 1490.